The molecule has 1 aliphatic rings. The number of rotatable bonds is 2. The van der Waals surface area contributed by atoms with Crippen molar-refractivity contribution in [1.29, 1.82) is 0 Å². The van der Waals surface area contributed by atoms with Crippen molar-refractivity contribution in [2.45, 2.75) is 31.5 Å². The summed E-state index contributed by atoms with van der Waals surface area (Å²) in [4.78, 5) is 24.9. The number of nitrogens with zero attached hydrogens (tertiary/aromatic N) is 1. The highest BCUT2D eigenvalue weighted by Gasteiger charge is 2.43. The molecular weight excluding hydrogens is 244 g/mol. The van der Waals surface area contributed by atoms with Crippen LogP contribution in [0.2, 0.25) is 0 Å². The number of ether oxygens (including phenoxy) is 1. The highest BCUT2D eigenvalue weighted by Crippen LogP contribution is 2.27. The molecule has 0 aromatic carbocycles. The van der Waals surface area contributed by atoms with Gasteiger partial charge in [-0.25, -0.2) is 4.79 Å². The SMILES string of the molecule is Cc1cn([C@@H]2O[C@@H](CO)[C@H](O)[C@@H]2O)c(=O)[nH]c1=O. The van der Waals surface area contributed by atoms with E-state index in [9.17, 15) is 19.8 Å². The van der Waals surface area contributed by atoms with Gasteiger partial charge >= 0.3 is 5.69 Å². The minimum atomic E-state index is -1.36. The maximum atomic E-state index is 11.6. The second-order valence-corrected chi connectivity index (χ2v) is 4.21. The molecule has 1 aromatic heterocycles. The van der Waals surface area contributed by atoms with Crippen molar-refractivity contribution >= 4 is 0 Å². The van der Waals surface area contributed by atoms with Crippen LogP contribution in [0.25, 0.3) is 0 Å². The van der Waals surface area contributed by atoms with Crippen LogP contribution in [-0.4, -0.2) is 49.8 Å². The van der Waals surface area contributed by atoms with E-state index in [1.807, 2.05) is 0 Å². The van der Waals surface area contributed by atoms with E-state index >= 15 is 0 Å². The van der Waals surface area contributed by atoms with Gasteiger partial charge in [0.2, 0.25) is 0 Å². The number of aromatic nitrogens is 2. The van der Waals surface area contributed by atoms with Crippen LogP contribution < -0.4 is 11.2 Å². The fourth-order valence-electron chi connectivity index (χ4n) is 1.88. The minimum Gasteiger partial charge on any atom is -0.394 e. The second kappa shape index (κ2) is 4.65. The Morgan fingerprint density at radius 3 is 2.61 bits per heavy atom. The van der Waals surface area contributed by atoms with Gasteiger partial charge in [-0.15, -0.1) is 0 Å². The van der Waals surface area contributed by atoms with Gasteiger partial charge in [-0.1, -0.05) is 0 Å². The Hall–Kier alpha value is -1.48. The van der Waals surface area contributed by atoms with Crippen molar-refractivity contribution in [3.05, 3.63) is 32.6 Å². The molecule has 1 fully saturated rings. The predicted molar refractivity (Wildman–Crippen MR) is 59.1 cm³/mol. The Morgan fingerprint density at radius 1 is 1.39 bits per heavy atom. The molecule has 4 atom stereocenters. The van der Waals surface area contributed by atoms with Crippen LogP contribution in [0.4, 0.5) is 0 Å². The highest BCUT2D eigenvalue weighted by molar-refractivity contribution is 5.03. The van der Waals surface area contributed by atoms with Gasteiger partial charge in [0.1, 0.15) is 18.3 Å². The van der Waals surface area contributed by atoms with Crippen LogP contribution in [-0.2, 0) is 4.74 Å². The molecule has 18 heavy (non-hydrogen) atoms. The average Bonchev–Trinajstić information content (AvgIpc) is 2.61. The summed E-state index contributed by atoms with van der Waals surface area (Å²) in [6.07, 6.45) is -3.52. The van der Waals surface area contributed by atoms with Crippen LogP contribution >= 0.6 is 0 Å². The molecule has 100 valence electrons. The third-order valence-corrected chi connectivity index (χ3v) is 2.94. The molecule has 1 saturated heterocycles. The van der Waals surface area contributed by atoms with E-state index in [4.69, 9.17) is 9.84 Å². The fourth-order valence-corrected chi connectivity index (χ4v) is 1.88. The number of aliphatic hydroxyl groups is 3. The third-order valence-electron chi connectivity index (χ3n) is 2.94. The Balaban J connectivity index is 2.42. The molecule has 1 aromatic rings. The standard InChI is InChI=1S/C10H14N2O6/c1-4-2-12(10(17)11-8(4)16)9-7(15)6(14)5(3-13)18-9/h2,5-7,9,13-15H,3H2,1H3,(H,11,16,17)/t5-,6-,7-,9+/m0/s1. The molecule has 8 nitrogen and oxygen atoms in total. The molecule has 2 rings (SSSR count). The number of aromatic amines is 1. The fraction of sp³-hybridized carbons (Fsp3) is 0.600. The maximum Gasteiger partial charge on any atom is 0.330 e. The van der Waals surface area contributed by atoms with Crippen LogP contribution in [0, 0.1) is 6.92 Å². The Bertz CT molecular complexity index is 550. The van der Waals surface area contributed by atoms with Crippen molar-refractivity contribution in [2.24, 2.45) is 0 Å². The monoisotopic (exact) mass is 258 g/mol. The van der Waals surface area contributed by atoms with Crippen LogP contribution in [0.5, 0.6) is 0 Å². The van der Waals surface area contributed by atoms with E-state index < -0.39 is 42.4 Å². The summed E-state index contributed by atoms with van der Waals surface area (Å²) in [5, 5.41) is 28.3. The van der Waals surface area contributed by atoms with Gasteiger partial charge < -0.3 is 20.1 Å². The summed E-state index contributed by atoms with van der Waals surface area (Å²) in [5.74, 6) is 0. The molecule has 0 aliphatic carbocycles. The second-order valence-electron chi connectivity index (χ2n) is 4.21. The van der Waals surface area contributed by atoms with E-state index in [0.29, 0.717) is 0 Å². The summed E-state index contributed by atoms with van der Waals surface area (Å²) in [5.41, 5.74) is -1.00. The van der Waals surface area contributed by atoms with Gasteiger partial charge in [0.25, 0.3) is 5.56 Å². The normalized spacial score (nSPS) is 31.8. The molecule has 8 heteroatoms. The zero-order chi connectivity index (χ0) is 13.4. The molecule has 0 saturated carbocycles. The van der Waals surface area contributed by atoms with Crippen molar-refractivity contribution in [2.75, 3.05) is 6.61 Å². The lowest BCUT2D eigenvalue weighted by Gasteiger charge is -2.17. The third kappa shape index (κ3) is 1.99. The van der Waals surface area contributed by atoms with E-state index in [1.54, 1.807) is 0 Å². The molecule has 0 bridgehead atoms. The lowest BCUT2D eigenvalue weighted by molar-refractivity contribution is -0.0551. The number of H-pyrrole nitrogens is 1. The summed E-state index contributed by atoms with van der Waals surface area (Å²) >= 11 is 0. The number of hydrogen-bond acceptors (Lipinski definition) is 6. The summed E-state index contributed by atoms with van der Waals surface area (Å²) in [6.45, 7) is 1.02. The van der Waals surface area contributed by atoms with E-state index in [2.05, 4.69) is 4.98 Å². The minimum absolute atomic E-state index is 0.271. The Labute approximate surface area is 101 Å². The largest absolute Gasteiger partial charge is 0.394 e. The molecule has 2 heterocycles. The molecule has 0 radical (unpaired) electrons. The van der Waals surface area contributed by atoms with Gasteiger partial charge in [0, 0.05) is 11.8 Å². The summed E-state index contributed by atoms with van der Waals surface area (Å²) in [7, 11) is 0. The van der Waals surface area contributed by atoms with Gasteiger partial charge in [-0.2, -0.15) is 0 Å². The first kappa shape index (κ1) is 13.0. The van der Waals surface area contributed by atoms with Crippen molar-refractivity contribution in [3.63, 3.8) is 0 Å². The molecule has 1 aliphatic heterocycles. The van der Waals surface area contributed by atoms with E-state index in [1.165, 1.54) is 13.1 Å². The first-order valence-corrected chi connectivity index (χ1v) is 5.40. The molecule has 0 amide bonds. The first-order valence-electron chi connectivity index (χ1n) is 5.40. The zero-order valence-corrected chi connectivity index (χ0v) is 9.61. The van der Waals surface area contributed by atoms with Gasteiger partial charge in [0.05, 0.1) is 6.61 Å². The smallest absolute Gasteiger partial charge is 0.330 e. The molecular formula is C10H14N2O6. The number of aryl methyl sites for hydroxylation is 1. The lowest BCUT2D eigenvalue weighted by Crippen LogP contribution is -2.38. The van der Waals surface area contributed by atoms with Crippen LogP contribution in [0.1, 0.15) is 11.8 Å². The summed E-state index contributed by atoms with van der Waals surface area (Å²) < 4.78 is 6.17. The maximum absolute atomic E-state index is 11.6. The topological polar surface area (TPSA) is 125 Å². The van der Waals surface area contributed by atoms with Crippen molar-refractivity contribution in [3.8, 4) is 0 Å². The Morgan fingerprint density at radius 2 is 2.06 bits per heavy atom. The van der Waals surface area contributed by atoms with Gasteiger partial charge in [-0.3, -0.25) is 14.3 Å². The van der Waals surface area contributed by atoms with Crippen LogP contribution in [0.15, 0.2) is 15.8 Å². The van der Waals surface area contributed by atoms with Gasteiger partial charge in [-0.05, 0) is 6.92 Å². The predicted octanol–water partition coefficient (Wildman–Crippen LogP) is -2.54. The van der Waals surface area contributed by atoms with Crippen LogP contribution in [0.3, 0.4) is 0 Å². The lowest BCUT2D eigenvalue weighted by atomic mass is 10.1. The van der Waals surface area contributed by atoms with Crippen molar-refractivity contribution < 1.29 is 20.1 Å². The zero-order valence-electron chi connectivity index (χ0n) is 9.61. The number of aliphatic hydroxyl groups excluding tert-OH is 3. The Kier molecular flexibility index (Phi) is 3.35. The molecule has 4 N–H and O–H groups in total. The quantitative estimate of drug-likeness (QED) is 0.463. The number of nitrogens with one attached hydrogen (secondary N) is 1. The van der Waals surface area contributed by atoms with Crippen molar-refractivity contribution in [1.82, 2.24) is 9.55 Å². The highest BCUT2D eigenvalue weighted by atomic mass is 16.6. The average molecular weight is 258 g/mol. The molecule has 0 unspecified atom stereocenters. The van der Waals surface area contributed by atoms with E-state index in [-0.39, 0.29) is 5.56 Å². The number of hydrogen-bond donors (Lipinski definition) is 4. The van der Waals surface area contributed by atoms with E-state index in [0.717, 1.165) is 4.57 Å². The van der Waals surface area contributed by atoms with Gasteiger partial charge in [0.15, 0.2) is 6.23 Å². The first-order chi connectivity index (χ1) is 8.45. The molecule has 0 spiro atoms. The summed E-state index contributed by atoms with van der Waals surface area (Å²) in [6, 6.07) is 0.